The summed E-state index contributed by atoms with van der Waals surface area (Å²) in [4.78, 5) is 10.1. The highest BCUT2D eigenvalue weighted by Gasteiger charge is 2.20. The van der Waals surface area contributed by atoms with E-state index < -0.39 is 14.9 Å². The summed E-state index contributed by atoms with van der Waals surface area (Å²) in [5, 5.41) is 22.2. The molecular formula is C11H16N4O4S. The summed E-state index contributed by atoms with van der Waals surface area (Å²) in [5.74, 6) is 0.410. The summed E-state index contributed by atoms with van der Waals surface area (Å²) in [6.07, 6.45) is 1.01. The van der Waals surface area contributed by atoms with E-state index in [1.54, 1.807) is 0 Å². The van der Waals surface area contributed by atoms with Gasteiger partial charge in [-0.05, 0) is 37.6 Å². The molecule has 4 N–H and O–H groups in total. The van der Waals surface area contributed by atoms with Gasteiger partial charge in [-0.25, -0.2) is 13.6 Å². The van der Waals surface area contributed by atoms with E-state index >= 15 is 0 Å². The number of nitrogens with one attached hydrogen (secondary N) is 2. The molecule has 1 atom stereocenters. The van der Waals surface area contributed by atoms with E-state index in [0.29, 0.717) is 18.2 Å². The minimum atomic E-state index is -3.95. The molecule has 20 heavy (non-hydrogen) atoms. The maximum atomic E-state index is 11.2. The molecule has 1 aromatic carbocycles. The van der Waals surface area contributed by atoms with Crippen molar-refractivity contribution in [2.45, 2.75) is 11.3 Å². The first-order valence-corrected chi connectivity index (χ1v) is 7.68. The molecular weight excluding hydrogens is 284 g/mol. The zero-order valence-corrected chi connectivity index (χ0v) is 11.5. The van der Waals surface area contributed by atoms with Crippen molar-refractivity contribution in [1.29, 1.82) is 0 Å². The summed E-state index contributed by atoms with van der Waals surface area (Å²) < 4.78 is 22.4. The molecule has 1 fully saturated rings. The molecule has 1 aliphatic rings. The molecule has 1 saturated heterocycles. The molecule has 0 aliphatic carbocycles. The number of primary sulfonamides is 1. The number of nitrogens with zero attached hydrogens (tertiary/aromatic N) is 1. The fraction of sp³-hybridized carbons (Fsp3) is 0.455. The number of rotatable bonds is 5. The van der Waals surface area contributed by atoms with Crippen LogP contribution < -0.4 is 15.8 Å². The number of nitro groups is 1. The van der Waals surface area contributed by atoms with Crippen LogP contribution in [-0.4, -0.2) is 33.0 Å². The highest BCUT2D eigenvalue weighted by Crippen LogP contribution is 2.27. The predicted molar refractivity (Wildman–Crippen MR) is 73.9 cm³/mol. The summed E-state index contributed by atoms with van der Waals surface area (Å²) in [7, 11) is -3.95. The Labute approximate surface area is 116 Å². The summed E-state index contributed by atoms with van der Waals surface area (Å²) in [6.45, 7) is 2.41. The Morgan fingerprint density at radius 2 is 2.25 bits per heavy atom. The maximum Gasteiger partial charge on any atom is 0.293 e. The zero-order chi connectivity index (χ0) is 14.8. The fourth-order valence-electron chi connectivity index (χ4n) is 2.13. The molecule has 9 heteroatoms. The Morgan fingerprint density at radius 1 is 1.50 bits per heavy atom. The van der Waals surface area contributed by atoms with Crippen molar-refractivity contribution in [2.75, 3.05) is 25.0 Å². The average Bonchev–Trinajstić information content (AvgIpc) is 2.88. The largest absolute Gasteiger partial charge is 0.379 e. The van der Waals surface area contributed by atoms with Crippen LogP contribution in [-0.2, 0) is 10.0 Å². The van der Waals surface area contributed by atoms with Gasteiger partial charge in [-0.2, -0.15) is 0 Å². The van der Waals surface area contributed by atoms with Crippen molar-refractivity contribution in [3.8, 4) is 0 Å². The molecule has 1 heterocycles. The Balaban J connectivity index is 2.21. The van der Waals surface area contributed by atoms with Crippen LogP contribution in [0.4, 0.5) is 11.4 Å². The van der Waals surface area contributed by atoms with Gasteiger partial charge in [0.2, 0.25) is 10.0 Å². The van der Waals surface area contributed by atoms with Gasteiger partial charge < -0.3 is 10.6 Å². The van der Waals surface area contributed by atoms with Gasteiger partial charge in [0.1, 0.15) is 5.69 Å². The van der Waals surface area contributed by atoms with Crippen LogP contribution in [0.3, 0.4) is 0 Å². The van der Waals surface area contributed by atoms with Gasteiger partial charge in [0.25, 0.3) is 5.69 Å². The summed E-state index contributed by atoms with van der Waals surface area (Å²) in [6, 6.07) is 3.61. The topological polar surface area (TPSA) is 127 Å². The molecule has 0 spiro atoms. The SMILES string of the molecule is NS(=O)(=O)c1ccc(NCC2CCNC2)c([N+](=O)[O-])c1. The first kappa shape index (κ1) is 14.7. The van der Waals surface area contributed by atoms with Gasteiger partial charge in [-0.3, -0.25) is 10.1 Å². The van der Waals surface area contributed by atoms with E-state index in [1.807, 2.05) is 0 Å². The number of benzene rings is 1. The monoisotopic (exact) mass is 300 g/mol. The molecule has 0 saturated carbocycles. The average molecular weight is 300 g/mol. The Morgan fingerprint density at radius 3 is 2.80 bits per heavy atom. The molecule has 110 valence electrons. The Hall–Kier alpha value is -1.71. The van der Waals surface area contributed by atoms with Crippen LogP contribution in [0.1, 0.15) is 6.42 Å². The second-order valence-corrected chi connectivity index (χ2v) is 6.28. The molecule has 0 radical (unpaired) electrons. The zero-order valence-electron chi connectivity index (χ0n) is 10.7. The van der Waals surface area contributed by atoms with Crippen LogP contribution >= 0.6 is 0 Å². The van der Waals surface area contributed by atoms with Crippen molar-refractivity contribution in [3.05, 3.63) is 28.3 Å². The quantitative estimate of drug-likeness (QED) is 0.529. The van der Waals surface area contributed by atoms with Gasteiger partial charge in [-0.1, -0.05) is 0 Å². The fourth-order valence-corrected chi connectivity index (χ4v) is 2.67. The van der Waals surface area contributed by atoms with Gasteiger partial charge in [0.15, 0.2) is 0 Å². The van der Waals surface area contributed by atoms with Crippen LogP contribution in [0.25, 0.3) is 0 Å². The lowest BCUT2D eigenvalue weighted by Crippen LogP contribution is -2.18. The Kier molecular flexibility index (Phi) is 4.21. The number of hydrogen-bond acceptors (Lipinski definition) is 6. The predicted octanol–water partition coefficient (Wildman–Crippen LogP) is 0.264. The highest BCUT2D eigenvalue weighted by atomic mass is 32.2. The normalized spacial score (nSPS) is 18.9. The highest BCUT2D eigenvalue weighted by molar-refractivity contribution is 7.89. The lowest BCUT2D eigenvalue weighted by molar-refractivity contribution is -0.384. The molecule has 1 aromatic rings. The smallest absolute Gasteiger partial charge is 0.293 e. The summed E-state index contributed by atoms with van der Waals surface area (Å²) in [5.41, 5.74) is 0.0109. The van der Waals surface area contributed by atoms with Crippen LogP contribution in [0.2, 0.25) is 0 Å². The van der Waals surface area contributed by atoms with E-state index in [9.17, 15) is 18.5 Å². The van der Waals surface area contributed by atoms with Gasteiger partial charge >= 0.3 is 0 Å². The lowest BCUT2D eigenvalue weighted by atomic mass is 10.1. The first-order chi connectivity index (χ1) is 9.38. The third-order valence-corrected chi connectivity index (χ3v) is 4.15. The number of anilines is 1. The lowest BCUT2D eigenvalue weighted by Gasteiger charge is -2.12. The van der Waals surface area contributed by atoms with Gasteiger partial charge in [0, 0.05) is 12.6 Å². The summed E-state index contributed by atoms with van der Waals surface area (Å²) >= 11 is 0. The molecule has 8 nitrogen and oxygen atoms in total. The number of hydrogen-bond donors (Lipinski definition) is 3. The molecule has 1 unspecified atom stereocenters. The van der Waals surface area contributed by atoms with Crippen molar-refractivity contribution >= 4 is 21.4 Å². The number of nitrogens with two attached hydrogens (primary N) is 1. The van der Waals surface area contributed by atoms with Gasteiger partial charge in [-0.15, -0.1) is 0 Å². The van der Waals surface area contributed by atoms with E-state index in [4.69, 9.17) is 5.14 Å². The standard InChI is InChI=1S/C11H16N4O4S/c12-20(18,19)9-1-2-10(11(5-9)15(16)17)14-7-8-3-4-13-6-8/h1-2,5,8,13-14H,3-4,6-7H2,(H2,12,18,19). The van der Waals surface area contributed by atoms with Crippen LogP contribution in [0, 0.1) is 16.0 Å². The molecule has 0 bridgehead atoms. The van der Waals surface area contributed by atoms with E-state index in [1.165, 1.54) is 12.1 Å². The second-order valence-electron chi connectivity index (χ2n) is 4.72. The molecule has 0 aromatic heterocycles. The van der Waals surface area contributed by atoms with Crippen molar-refractivity contribution in [3.63, 3.8) is 0 Å². The molecule has 1 aliphatic heterocycles. The third-order valence-electron chi connectivity index (χ3n) is 3.24. The minimum absolute atomic E-state index is 0.266. The van der Waals surface area contributed by atoms with Crippen molar-refractivity contribution < 1.29 is 13.3 Å². The van der Waals surface area contributed by atoms with E-state index in [-0.39, 0.29) is 10.6 Å². The third kappa shape index (κ3) is 3.44. The number of nitro benzene ring substituents is 1. The maximum absolute atomic E-state index is 11.2. The van der Waals surface area contributed by atoms with E-state index in [0.717, 1.165) is 25.6 Å². The van der Waals surface area contributed by atoms with Crippen LogP contribution in [0.5, 0.6) is 0 Å². The minimum Gasteiger partial charge on any atom is -0.379 e. The second kappa shape index (κ2) is 5.73. The van der Waals surface area contributed by atoms with Crippen molar-refractivity contribution in [2.24, 2.45) is 11.1 Å². The first-order valence-electron chi connectivity index (χ1n) is 6.14. The van der Waals surface area contributed by atoms with Crippen molar-refractivity contribution in [1.82, 2.24) is 5.32 Å². The van der Waals surface area contributed by atoms with Gasteiger partial charge in [0.05, 0.1) is 9.82 Å². The van der Waals surface area contributed by atoms with Crippen LogP contribution in [0.15, 0.2) is 23.1 Å². The number of sulfonamides is 1. The Bertz CT molecular complexity index is 611. The molecule has 2 rings (SSSR count). The molecule has 0 amide bonds. The van der Waals surface area contributed by atoms with E-state index in [2.05, 4.69) is 10.6 Å².